The molecule has 9 heteroatoms. The molecule has 0 saturated carbocycles. The molecular weight excluding hydrogens is 266 g/mol. The summed E-state index contributed by atoms with van der Waals surface area (Å²) < 4.78 is 0. The first-order chi connectivity index (χ1) is 9.45. The highest BCUT2D eigenvalue weighted by atomic mass is 16.2. The predicted molar refractivity (Wildman–Crippen MR) is 70.5 cm³/mol. The molecule has 106 valence electrons. The number of aromatic nitrogens is 4. The first-order valence-electron chi connectivity index (χ1n) is 5.76. The molecule has 0 atom stereocenters. The zero-order valence-electron chi connectivity index (χ0n) is 10.6. The van der Waals surface area contributed by atoms with Crippen LogP contribution in [0.15, 0.2) is 31.6 Å². The molecule has 0 aromatic carbocycles. The number of H-pyrrole nitrogens is 4. The van der Waals surface area contributed by atoms with E-state index in [-0.39, 0.29) is 13.1 Å². The van der Waals surface area contributed by atoms with Crippen molar-refractivity contribution in [3.63, 3.8) is 0 Å². The van der Waals surface area contributed by atoms with Crippen LogP contribution in [0.3, 0.4) is 0 Å². The summed E-state index contributed by atoms with van der Waals surface area (Å²) in [5, 5.41) is 0. The molecule has 2 rings (SSSR count). The average molecular weight is 279 g/mol. The van der Waals surface area contributed by atoms with Crippen LogP contribution in [0, 0.1) is 0 Å². The Labute approximate surface area is 111 Å². The van der Waals surface area contributed by atoms with Crippen LogP contribution in [0.4, 0.5) is 0 Å². The van der Waals surface area contributed by atoms with Crippen molar-refractivity contribution in [2.75, 3.05) is 7.05 Å². The van der Waals surface area contributed by atoms with Gasteiger partial charge in [-0.1, -0.05) is 0 Å². The molecule has 0 unspecified atom stereocenters. The quantitative estimate of drug-likeness (QED) is 0.517. The maximum Gasteiger partial charge on any atom is 0.325 e. The monoisotopic (exact) mass is 279 g/mol. The molecule has 0 aliphatic rings. The summed E-state index contributed by atoms with van der Waals surface area (Å²) in [6.07, 6.45) is 2.66. The van der Waals surface area contributed by atoms with Crippen LogP contribution in [0.5, 0.6) is 0 Å². The average Bonchev–Trinajstić information content (AvgIpc) is 2.36. The lowest BCUT2D eigenvalue weighted by atomic mass is 10.2. The highest BCUT2D eigenvalue weighted by molar-refractivity contribution is 5.06. The normalized spacial score (nSPS) is 10.9. The SMILES string of the molecule is CN(Cc1c[nH]c(=O)[nH]c1=O)Cc1c[nH]c(=O)[nH]c1=O. The van der Waals surface area contributed by atoms with Crippen molar-refractivity contribution in [3.05, 3.63) is 65.2 Å². The fourth-order valence-corrected chi connectivity index (χ4v) is 1.75. The number of nitrogens with zero attached hydrogens (tertiary/aromatic N) is 1. The fourth-order valence-electron chi connectivity index (χ4n) is 1.75. The molecule has 2 aromatic heterocycles. The first-order valence-corrected chi connectivity index (χ1v) is 5.76. The minimum atomic E-state index is -0.571. The van der Waals surface area contributed by atoms with E-state index in [0.717, 1.165) is 0 Å². The van der Waals surface area contributed by atoms with Gasteiger partial charge < -0.3 is 9.97 Å². The van der Waals surface area contributed by atoms with Gasteiger partial charge in [-0.15, -0.1) is 0 Å². The molecule has 2 aromatic rings. The van der Waals surface area contributed by atoms with Gasteiger partial charge in [-0.05, 0) is 7.05 Å². The third-order valence-corrected chi connectivity index (χ3v) is 2.67. The van der Waals surface area contributed by atoms with Crippen LogP contribution >= 0.6 is 0 Å². The van der Waals surface area contributed by atoms with Crippen molar-refractivity contribution >= 4 is 0 Å². The lowest BCUT2D eigenvalue weighted by Gasteiger charge is -2.15. The van der Waals surface area contributed by atoms with E-state index in [4.69, 9.17) is 0 Å². The topological polar surface area (TPSA) is 135 Å². The van der Waals surface area contributed by atoms with Crippen molar-refractivity contribution in [3.8, 4) is 0 Å². The Bertz CT molecular complexity index is 758. The van der Waals surface area contributed by atoms with Crippen LogP contribution in [0.1, 0.15) is 11.1 Å². The zero-order valence-corrected chi connectivity index (χ0v) is 10.6. The van der Waals surface area contributed by atoms with Crippen LogP contribution < -0.4 is 22.5 Å². The summed E-state index contributed by atoms with van der Waals surface area (Å²) in [7, 11) is 1.70. The third kappa shape index (κ3) is 3.20. The smallest absolute Gasteiger partial charge is 0.314 e. The van der Waals surface area contributed by atoms with Gasteiger partial charge in [0.15, 0.2) is 0 Å². The second-order valence-corrected chi connectivity index (χ2v) is 4.37. The van der Waals surface area contributed by atoms with E-state index in [1.54, 1.807) is 11.9 Å². The molecule has 4 N–H and O–H groups in total. The largest absolute Gasteiger partial charge is 0.325 e. The second kappa shape index (κ2) is 5.53. The summed E-state index contributed by atoms with van der Waals surface area (Å²) in [6, 6.07) is 0. The number of rotatable bonds is 4. The molecule has 20 heavy (non-hydrogen) atoms. The van der Waals surface area contributed by atoms with E-state index in [1.807, 2.05) is 0 Å². The van der Waals surface area contributed by atoms with Crippen LogP contribution in [-0.4, -0.2) is 31.9 Å². The number of hydrogen-bond acceptors (Lipinski definition) is 5. The first kappa shape index (κ1) is 13.7. The molecule has 9 nitrogen and oxygen atoms in total. The van der Waals surface area contributed by atoms with E-state index in [1.165, 1.54) is 12.4 Å². The summed E-state index contributed by atoms with van der Waals surface area (Å²) in [4.78, 5) is 55.5. The minimum Gasteiger partial charge on any atom is -0.314 e. The predicted octanol–water partition coefficient (Wildman–Crippen LogP) is -1.93. The Morgan fingerprint density at radius 3 is 1.60 bits per heavy atom. The number of aromatic amines is 4. The molecule has 2 heterocycles. The molecular formula is C11H13N5O4. The molecule has 0 aliphatic heterocycles. The Balaban J connectivity index is 2.14. The lowest BCUT2D eigenvalue weighted by Crippen LogP contribution is -2.31. The van der Waals surface area contributed by atoms with E-state index in [9.17, 15) is 19.2 Å². The molecule has 0 aliphatic carbocycles. The van der Waals surface area contributed by atoms with Gasteiger partial charge in [-0.2, -0.15) is 0 Å². The van der Waals surface area contributed by atoms with Crippen LogP contribution in [0.2, 0.25) is 0 Å². The van der Waals surface area contributed by atoms with Gasteiger partial charge >= 0.3 is 11.4 Å². The van der Waals surface area contributed by atoms with Crippen molar-refractivity contribution in [2.45, 2.75) is 13.1 Å². The van der Waals surface area contributed by atoms with Crippen LogP contribution in [0.25, 0.3) is 0 Å². The molecule has 0 bridgehead atoms. The molecule has 0 radical (unpaired) electrons. The maximum atomic E-state index is 11.5. The highest BCUT2D eigenvalue weighted by Crippen LogP contribution is 1.98. The van der Waals surface area contributed by atoms with Crippen LogP contribution in [-0.2, 0) is 13.1 Å². The summed E-state index contributed by atoms with van der Waals surface area (Å²) in [5.74, 6) is 0. The standard InChI is InChI=1S/C11H13N5O4/c1-16(4-6-2-12-10(19)14-8(6)17)5-7-3-13-11(20)15-9(7)18/h2-3H,4-5H2,1H3,(H2,12,14,17,19)(H2,13,15,18,20). The Morgan fingerprint density at radius 1 is 0.850 bits per heavy atom. The fraction of sp³-hybridized carbons (Fsp3) is 0.273. The van der Waals surface area contributed by atoms with Crippen molar-refractivity contribution in [1.29, 1.82) is 0 Å². The highest BCUT2D eigenvalue weighted by Gasteiger charge is 2.08. The third-order valence-electron chi connectivity index (χ3n) is 2.67. The summed E-state index contributed by atoms with van der Waals surface area (Å²) in [5.41, 5.74) is -1.36. The van der Waals surface area contributed by atoms with Gasteiger partial charge in [0.1, 0.15) is 0 Å². The second-order valence-electron chi connectivity index (χ2n) is 4.37. The summed E-state index contributed by atoms with van der Waals surface area (Å²) in [6.45, 7) is 0.482. The van der Waals surface area contributed by atoms with E-state index >= 15 is 0 Å². The molecule has 0 saturated heterocycles. The molecule has 0 amide bonds. The van der Waals surface area contributed by atoms with Crippen molar-refractivity contribution < 1.29 is 0 Å². The maximum absolute atomic E-state index is 11.5. The van der Waals surface area contributed by atoms with Gasteiger partial charge in [0.25, 0.3) is 11.1 Å². The Morgan fingerprint density at radius 2 is 1.25 bits per heavy atom. The molecule has 0 fully saturated rings. The van der Waals surface area contributed by atoms with Gasteiger partial charge in [0, 0.05) is 36.6 Å². The van der Waals surface area contributed by atoms with Crippen molar-refractivity contribution in [1.82, 2.24) is 24.8 Å². The van der Waals surface area contributed by atoms with Gasteiger partial charge in [0.2, 0.25) is 0 Å². The summed E-state index contributed by atoms with van der Waals surface area (Å²) >= 11 is 0. The van der Waals surface area contributed by atoms with Gasteiger partial charge in [0.05, 0.1) is 0 Å². The Kier molecular flexibility index (Phi) is 3.80. The zero-order chi connectivity index (χ0) is 14.7. The Hall–Kier alpha value is -2.68. The van der Waals surface area contributed by atoms with E-state index in [0.29, 0.717) is 11.1 Å². The van der Waals surface area contributed by atoms with E-state index < -0.39 is 22.5 Å². The molecule has 0 spiro atoms. The van der Waals surface area contributed by atoms with Gasteiger partial charge in [-0.3, -0.25) is 24.5 Å². The minimum absolute atomic E-state index is 0.241. The van der Waals surface area contributed by atoms with E-state index in [2.05, 4.69) is 19.9 Å². The van der Waals surface area contributed by atoms with Gasteiger partial charge in [-0.25, -0.2) is 9.59 Å². The van der Waals surface area contributed by atoms with Crippen molar-refractivity contribution in [2.24, 2.45) is 0 Å². The number of nitrogens with one attached hydrogen (secondary N) is 4. The lowest BCUT2D eigenvalue weighted by molar-refractivity contribution is 0.315. The number of hydrogen-bond donors (Lipinski definition) is 4.